The number of hydrogen-bond donors (Lipinski definition) is 1. The first-order valence-corrected chi connectivity index (χ1v) is 7.94. The number of aromatic nitrogens is 2. The first-order valence-electron chi connectivity index (χ1n) is 7.94. The van der Waals surface area contributed by atoms with E-state index in [-0.39, 0.29) is 0 Å². The quantitative estimate of drug-likeness (QED) is 0.897. The predicted octanol–water partition coefficient (Wildman–Crippen LogP) is 4.48. The van der Waals surface area contributed by atoms with Crippen LogP contribution in [0.3, 0.4) is 0 Å². The third-order valence-electron chi connectivity index (χ3n) is 4.09. The standard InChI is InChI=1S/C17H19F3N4/c1-12-3-2-10-24(11-12)15-8-9-21-16(23-15)22-14-6-4-13(5-7-14)17(18,19)20/h4-9,12H,2-3,10-11H2,1H3,(H,21,22,23). The zero-order valence-electron chi connectivity index (χ0n) is 13.3. The van der Waals surface area contributed by atoms with Crippen molar-refractivity contribution in [3.63, 3.8) is 0 Å². The molecule has 1 aromatic heterocycles. The first kappa shape index (κ1) is 16.5. The van der Waals surface area contributed by atoms with Crippen LogP contribution < -0.4 is 10.2 Å². The normalized spacial score (nSPS) is 18.5. The monoisotopic (exact) mass is 336 g/mol. The molecule has 3 rings (SSSR count). The fourth-order valence-corrected chi connectivity index (χ4v) is 2.85. The van der Waals surface area contributed by atoms with E-state index in [4.69, 9.17) is 0 Å². The highest BCUT2D eigenvalue weighted by Gasteiger charge is 2.29. The molecule has 1 fully saturated rings. The Hall–Kier alpha value is -2.31. The van der Waals surface area contributed by atoms with Gasteiger partial charge in [0.2, 0.25) is 5.95 Å². The molecular weight excluding hydrogens is 317 g/mol. The number of anilines is 3. The first-order chi connectivity index (χ1) is 11.4. The van der Waals surface area contributed by atoms with E-state index < -0.39 is 11.7 Å². The Morgan fingerprint density at radius 2 is 1.92 bits per heavy atom. The Morgan fingerprint density at radius 3 is 2.58 bits per heavy atom. The minimum Gasteiger partial charge on any atom is -0.356 e. The molecule has 1 aromatic carbocycles. The number of piperidine rings is 1. The third-order valence-corrected chi connectivity index (χ3v) is 4.09. The minimum absolute atomic E-state index is 0.380. The molecule has 2 aromatic rings. The maximum atomic E-state index is 12.6. The molecule has 1 atom stereocenters. The van der Waals surface area contributed by atoms with Crippen molar-refractivity contribution in [2.75, 3.05) is 23.3 Å². The van der Waals surface area contributed by atoms with Crippen molar-refractivity contribution in [2.24, 2.45) is 5.92 Å². The Kier molecular flexibility index (Phi) is 4.59. The van der Waals surface area contributed by atoms with E-state index in [1.165, 1.54) is 18.6 Å². The SMILES string of the molecule is CC1CCCN(c2ccnc(Nc3ccc(C(F)(F)F)cc3)n2)C1. The molecule has 1 saturated heterocycles. The lowest BCUT2D eigenvalue weighted by Gasteiger charge is -2.31. The summed E-state index contributed by atoms with van der Waals surface area (Å²) in [4.78, 5) is 10.8. The number of benzene rings is 1. The van der Waals surface area contributed by atoms with Crippen LogP contribution in [-0.4, -0.2) is 23.1 Å². The Bertz CT molecular complexity index is 685. The molecule has 0 aliphatic carbocycles. The molecule has 24 heavy (non-hydrogen) atoms. The molecule has 1 aliphatic heterocycles. The average Bonchev–Trinajstić information content (AvgIpc) is 2.55. The maximum Gasteiger partial charge on any atom is 0.416 e. The van der Waals surface area contributed by atoms with Crippen molar-refractivity contribution in [3.05, 3.63) is 42.1 Å². The molecule has 1 aliphatic rings. The van der Waals surface area contributed by atoms with Crippen LogP contribution in [0.5, 0.6) is 0 Å². The van der Waals surface area contributed by atoms with E-state index in [1.54, 1.807) is 6.20 Å². The minimum atomic E-state index is -4.33. The molecule has 7 heteroatoms. The molecule has 4 nitrogen and oxygen atoms in total. The van der Waals surface area contributed by atoms with E-state index in [0.29, 0.717) is 17.6 Å². The molecule has 0 radical (unpaired) electrons. The van der Waals surface area contributed by atoms with Gasteiger partial charge in [-0.05, 0) is 49.1 Å². The zero-order valence-corrected chi connectivity index (χ0v) is 13.3. The van der Waals surface area contributed by atoms with Crippen molar-refractivity contribution < 1.29 is 13.2 Å². The van der Waals surface area contributed by atoms with Crippen LogP contribution in [0.15, 0.2) is 36.5 Å². The van der Waals surface area contributed by atoms with E-state index in [9.17, 15) is 13.2 Å². The van der Waals surface area contributed by atoms with Crippen molar-refractivity contribution in [1.29, 1.82) is 0 Å². The summed E-state index contributed by atoms with van der Waals surface area (Å²) < 4.78 is 37.8. The van der Waals surface area contributed by atoms with Crippen LogP contribution in [0.1, 0.15) is 25.3 Å². The summed E-state index contributed by atoms with van der Waals surface area (Å²) in [5, 5.41) is 2.96. The molecule has 128 valence electrons. The highest BCUT2D eigenvalue weighted by atomic mass is 19.4. The Balaban J connectivity index is 1.72. The van der Waals surface area contributed by atoms with Gasteiger partial charge in [-0.3, -0.25) is 0 Å². The largest absolute Gasteiger partial charge is 0.416 e. The van der Waals surface area contributed by atoms with Gasteiger partial charge in [0, 0.05) is 25.0 Å². The van der Waals surface area contributed by atoms with E-state index in [2.05, 4.69) is 27.1 Å². The third kappa shape index (κ3) is 3.96. The number of rotatable bonds is 3. The lowest BCUT2D eigenvalue weighted by atomic mass is 10.0. The fourth-order valence-electron chi connectivity index (χ4n) is 2.85. The second-order valence-corrected chi connectivity index (χ2v) is 6.13. The molecule has 0 spiro atoms. The van der Waals surface area contributed by atoms with Crippen LogP contribution in [-0.2, 0) is 6.18 Å². The van der Waals surface area contributed by atoms with E-state index in [1.807, 2.05) is 6.07 Å². The summed E-state index contributed by atoms with van der Waals surface area (Å²) in [5.41, 5.74) is -0.155. The Labute approximate surface area is 138 Å². The van der Waals surface area contributed by atoms with E-state index in [0.717, 1.165) is 37.5 Å². The van der Waals surface area contributed by atoms with Gasteiger partial charge in [0.1, 0.15) is 5.82 Å². The predicted molar refractivity (Wildman–Crippen MR) is 87.4 cm³/mol. The maximum absolute atomic E-state index is 12.6. The van der Waals surface area contributed by atoms with E-state index >= 15 is 0 Å². The molecule has 1 unspecified atom stereocenters. The van der Waals surface area contributed by atoms with Gasteiger partial charge < -0.3 is 10.2 Å². The molecule has 0 amide bonds. The second-order valence-electron chi connectivity index (χ2n) is 6.13. The fraction of sp³-hybridized carbons (Fsp3) is 0.412. The Morgan fingerprint density at radius 1 is 1.17 bits per heavy atom. The van der Waals surface area contributed by atoms with Crippen LogP contribution in [0.25, 0.3) is 0 Å². The molecule has 0 bridgehead atoms. The molecule has 0 saturated carbocycles. The van der Waals surface area contributed by atoms with Crippen molar-refractivity contribution >= 4 is 17.5 Å². The van der Waals surface area contributed by atoms with Crippen LogP contribution in [0.2, 0.25) is 0 Å². The van der Waals surface area contributed by atoms with Gasteiger partial charge in [0.25, 0.3) is 0 Å². The lowest BCUT2D eigenvalue weighted by molar-refractivity contribution is -0.137. The van der Waals surface area contributed by atoms with Gasteiger partial charge in [0.05, 0.1) is 5.56 Å². The lowest BCUT2D eigenvalue weighted by Crippen LogP contribution is -2.34. The van der Waals surface area contributed by atoms with Crippen LogP contribution in [0.4, 0.5) is 30.6 Å². The highest BCUT2D eigenvalue weighted by molar-refractivity contribution is 5.55. The smallest absolute Gasteiger partial charge is 0.356 e. The molecule has 1 N–H and O–H groups in total. The van der Waals surface area contributed by atoms with Gasteiger partial charge >= 0.3 is 6.18 Å². The van der Waals surface area contributed by atoms with Crippen LogP contribution in [0, 0.1) is 5.92 Å². The summed E-state index contributed by atoms with van der Waals surface area (Å²) >= 11 is 0. The number of halogens is 3. The highest BCUT2D eigenvalue weighted by Crippen LogP contribution is 2.30. The average molecular weight is 336 g/mol. The molecular formula is C17H19F3N4. The number of alkyl halides is 3. The van der Waals surface area contributed by atoms with Gasteiger partial charge in [-0.1, -0.05) is 6.92 Å². The van der Waals surface area contributed by atoms with Crippen molar-refractivity contribution in [3.8, 4) is 0 Å². The van der Waals surface area contributed by atoms with Crippen molar-refractivity contribution in [2.45, 2.75) is 25.9 Å². The van der Waals surface area contributed by atoms with Crippen LogP contribution >= 0.6 is 0 Å². The summed E-state index contributed by atoms with van der Waals surface area (Å²) in [6.45, 7) is 4.13. The van der Waals surface area contributed by atoms with Crippen molar-refractivity contribution in [1.82, 2.24) is 9.97 Å². The van der Waals surface area contributed by atoms with Gasteiger partial charge in [-0.15, -0.1) is 0 Å². The topological polar surface area (TPSA) is 41.1 Å². The summed E-state index contributed by atoms with van der Waals surface area (Å²) in [6, 6.07) is 6.69. The van der Waals surface area contributed by atoms with Gasteiger partial charge in [-0.25, -0.2) is 4.98 Å². The summed E-state index contributed by atoms with van der Waals surface area (Å²) in [6.07, 6.45) is -0.320. The second kappa shape index (κ2) is 6.67. The summed E-state index contributed by atoms with van der Waals surface area (Å²) in [7, 11) is 0. The molecule has 2 heterocycles. The summed E-state index contributed by atoms with van der Waals surface area (Å²) in [5.74, 6) is 1.84. The zero-order chi connectivity index (χ0) is 17.2. The van der Waals surface area contributed by atoms with Gasteiger partial charge in [-0.2, -0.15) is 18.2 Å². The number of nitrogens with zero attached hydrogens (tertiary/aromatic N) is 3. The van der Waals surface area contributed by atoms with Gasteiger partial charge in [0.15, 0.2) is 0 Å². The number of nitrogens with one attached hydrogen (secondary N) is 1. The number of hydrogen-bond acceptors (Lipinski definition) is 4.